The molecule has 1 aliphatic rings. The van der Waals surface area contributed by atoms with Crippen LogP contribution in [0.2, 0.25) is 0 Å². The van der Waals surface area contributed by atoms with Gasteiger partial charge in [-0.2, -0.15) is 11.8 Å². The van der Waals surface area contributed by atoms with Gasteiger partial charge in [-0.15, -0.1) is 12.4 Å². The van der Waals surface area contributed by atoms with Gasteiger partial charge in [-0.25, -0.2) is 0 Å². The van der Waals surface area contributed by atoms with Gasteiger partial charge in [-0.05, 0) is 49.7 Å². The molecule has 1 fully saturated rings. The average molecular weight is 400 g/mol. The van der Waals surface area contributed by atoms with E-state index in [1.807, 2.05) is 36.6 Å². The Kier molecular flexibility index (Phi) is 10.7. The van der Waals surface area contributed by atoms with E-state index in [4.69, 9.17) is 5.73 Å². The maximum atomic E-state index is 12.6. The van der Waals surface area contributed by atoms with Crippen molar-refractivity contribution in [3.63, 3.8) is 0 Å². The van der Waals surface area contributed by atoms with Crippen LogP contribution in [0.3, 0.4) is 0 Å². The number of amides is 2. The Morgan fingerprint density at radius 3 is 2.46 bits per heavy atom. The summed E-state index contributed by atoms with van der Waals surface area (Å²) in [5, 5.41) is 6.01. The number of halogens is 1. The van der Waals surface area contributed by atoms with Crippen LogP contribution in [0.1, 0.15) is 37.7 Å². The molecule has 2 amide bonds. The lowest BCUT2D eigenvalue weighted by atomic mass is 9.91. The van der Waals surface area contributed by atoms with Gasteiger partial charge < -0.3 is 16.4 Å². The standard InChI is InChI=1S/C19H29N3O2S.ClH/c1-25-12-11-17(19(24)21-16-9-7-15(20)8-10-16)22-18(23)13-14-5-3-2-4-6-14;/h2-6,15-17H,7-13,20H2,1H3,(H,21,24)(H,22,23);1H. The van der Waals surface area contributed by atoms with Gasteiger partial charge in [-0.1, -0.05) is 30.3 Å². The number of nitrogens with one attached hydrogen (secondary N) is 2. The number of nitrogens with two attached hydrogens (primary N) is 1. The molecule has 0 heterocycles. The maximum Gasteiger partial charge on any atom is 0.242 e. The fraction of sp³-hybridized carbons (Fsp3) is 0.579. The first-order valence-corrected chi connectivity index (χ1v) is 10.4. The first-order valence-electron chi connectivity index (χ1n) is 8.96. The molecule has 0 spiro atoms. The highest BCUT2D eigenvalue weighted by molar-refractivity contribution is 7.98. The summed E-state index contributed by atoms with van der Waals surface area (Å²) in [6, 6.07) is 9.54. The summed E-state index contributed by atoms with van der Waals surface area (Å²) in [5.41, 5.74) is 6.87. The van der Waals surface area contributed by atoms with Crippen molar-refractivity contribution in [1.29, 1.82) is 0 Å². The van der Waals surface area contributed by atoms with Crippen LogP contribution in [-0.4, -0.2) is 41.9 Å². The second kappa shape index (κ2) is 12.2. The lowest BCUT2D eigenvalue weighted by molar-refractivity contribution is -0.129. The Bertz CT molecular complexity index is 551. The van der Waals surface area contributed by atoms with Crippen molar-refractivity contribution in [3.8, 4) is 0 Å². The van der Waals surface area contributed by atoms with Gasteiger partial charge in [0.2, 0.25) is 11.8 Å². The van der Waals surface area contributed by atoms with Gasteiger partial charge in [0.25, 0.3) is 0 Å². The predicted octanol–water partition coefficient (Wildman–Crippen LogP) is 2.27. The van der Waals surface area contributed by atoms with Crippen LogP contribution in [-0.2, 0) is 16.0 Å². The van der Waals surface area contributed by atoms with Gasteiger partial charge >= 0.3 is 0 Å². The zero-order chi connectivity index (χ0) is 18.1. The number of hydrogen-bond acceptors (Lipinski definition) is 4. The van der Waals surface area contributed by atoms with Gasteiger partial charge in [0.15, 0.2) is 0 Å². The van der Waals surface area contributed by atoms with Crippen LogP contribution < -0.4 is 16.4 Å². The van der Waals surface area contributed by atoms with Crippen molar-refractivity contribution in [2.24, 2.45) is 5.73 Å². The minimum atomic E-state index is -0.473. The molecule has 0 radical (unpaired) electrons. The first kappa shape index (κ1) is 22.8. The molecule has 0 aliphatic heterocycles. The summed E-state index contributed by atoms with van der Waals surface area (Å²) in [5.74, 6) is 0.647. The van der Waals surface area contributed by atoms with Crippen molar-refractivity contribution in [2.75, 3.05) is 12.0 Å². The Morgan fingerprint density at radius 2 is 1.85 bits per heavy atom. The third-order valence-electron chi connectivity index (χ3n) is 4.59. The molecule has 1 aromatic carbocycles. The monoisotopic (exact) mass is 399 g/mol. The molecule has 1 aliphatic carbocycles. The van der Waals surface area contributed by atoms with Crippen molar-refractivity contribution >= 4 is 36.0 Å². The van der Waals surface area contributed by atoms with Crippen molar-refractivity contribution < 1.29 is 9.59 Å². The van der Waals surface area contributed by atoms with Crippen LogP contribution in [0.5, 0.6) is 0 Å². The highest BCUT2D eigenvalue weighted by Gasteiger charge is 2.25. The zero-order valence-electron chi connectivity index (χ0n) is 15.3. The number of hydrogen-bond donors (Lipinski definition) is 3. The molecule has 2 rings (SSSR count). The Labute approximate surface area is 166 Å². The molecule has 1 aromatic rings. The highest BCUT2D eigenvalue weighted by Crippen LogP contribution is 2.17. The summed E-state index contributed by atoms with van der Waals surface area (Å²) in [7, 11) is 0. The lowest BCUT2D eigenvalue weighted by Gasteiger charge is -2.28. The first-order chi connectivity index (χ1) is 12.1. The molecule has 26 heavy (non-hydrogen) atoms. The van der Waals surface area contributed by atoms with E-state index in [9.17, 15) is 9.59 Å². The number of carbonyl (C=O) groups excluding carboxylic acids is 2. The average Bonchev–Trinajstić information content (AvgIpc) is 2.61. The third kappa shape index (κ3) is 7.98. The summed E-state index contributed by atoms with van der Waals surface area (Å²) in [6.07, 6.45) is 6.66. The maximum absolute atomic E-state index is 12.6. The third-order valence-corrected chi connectivity index (χ3v) is 5.23. The quantitative estimate of drug-likeness (QED) is 0.626. The molecule has 4 N–H and O–H groups in total. The molecular weight excluding hydrogens is 370 g/mol. The van der Waals surface area contributed by atoms with Gasteiger partial charge in [0.05, 0.1) is 6.42 Å². The smallest absolute Gasteiger partial charge is 0.242 e. The highest BCUT2D eigenvalue weighted by atomic mass is 35.5. The largest absolute Gasteiger partial charge is 0.352 e. The van der Waals surface area contributed by atoms with E-state index in [-0.39, 0.29) is 36.3 Å². The zero-order valence-corrected chi connectivity index (χ0v) is 16.9. The Hall–Kier alpha value is -1.24. The fourth-order valence-electron chi connectivity index (χ4n) is 3.10. The van der Waals surface area contributed by atoms with E-state index < -0.39 is 6.04 Å². The summed E-state index contributed by atoms with van der Waals surface area (Å²) >= 11 is 1.68. The number of carbonyl (C=O) groups is 2. The number of thioether (sulfide) groups is 1. The lowest BCUT2D eigenvalue weighted by Crippen LogP contribution is -2.51. The van der Waals surface area contributed by atoms with Gasteiger partial charge in [0, 0.05) is 12.1 Å². The predicted molar refractivity (Wildman–Crippen MR) is 111 cm³/mol. The van der Waals surface area contributed by atoms with E-state index in [0.717, 1.165) is 37.0 Å². The fourth-order valence-corrected chi connectivity index (χ4v) is 3.57. The topological polar surface area (TPSA) is 84.2 Å². The van der Waals surface area contributed by atoms with Crippen LogP contribution in [0.15, 0.2) is 30.3 Å². The molecule has 0 aromatic heterocycles. The van der Waals surface area contributed by atoms with Crippen LogP contribution >= 0.6 is 24.2 Å². The molecule has 1 saturated carbocycles. The van der Waals surface area contributed by atoms with E-state index in [0.29, 0.717) is 12.8 Å². The van der Waals surface area contributed by atoms with Crippen molar-refractivity contribution in [2.45, 2.75) is 56.7 Å². The molecule has 5 nitrogen and oxygen atoms in total. The van der Waals surface area contributed by atoms with E-state index >= 15 is 0 Å². The van der Waals surface area contributed by atoms with Crippen LogP contribution in [0, 0.1) is 0 Å². The molecular formula is C19H30ClN3O2S. The van der Waals surface area contributed by atoms with E-state index in [1.165, 1.54) is 0 Å². The summed E-state index contributed by atoms with van der Waals surface area (Å²) < 4.78 is 0. The Balaban J connectivity index is 0.00000338. The van der Waals surface area contributed by atoms with Crippen LogP contribution in [0.25, 0.3) is 0 Å². The van der Waals surface area contributed by atoms with Crippen molar-refractivity contribution in [1.82, 2.24) is 10.6 Å². The SMILES string of the molecule is CSCCC(NC(=O)Cc1ccccc1)C(=O)NC1CCC(N)CC1.Cl. The van der Waals surface area contributed by atoms with E-state index in [1.54, 1.807) is 11.8 Å². The van der Waals surface area contributed by atoms with Gasteiger partial charge in [-0.3, -0.25) is 9.59 Å². The molecule has 7 heteroatoms. The number of benzene rings is 1. The van der Waals surface area contributed by atoms with E-state index in [2.05, 4.69) is 10.6 Å². The molecule has 0 saturated heterocycles. The minimum absolute atomic E-state index is 0. The summed E-state index contributed by atoms with van der Waals surface area (Å²) in [6.45, 7) is 0. The summed E-state index contributed by atoms with van der Waals surface area (Å²) in [4.78, 5) is 24.9. The molecule has 1 atom stereocenters. The normalized spacial score (nSPS) is 20.5. The van der Waals surface area contributed by atoms with Crippen LogP contribution in [0.4, 0.5) is 0 Å². The molecule has 1 unspecified atom stereocenters. The molecule has 146 valence electrons. The number of rotatable bonds is 8. The second-order valence-corrected chi connectivity index (χ2v) is 7.67. The van der Waals surface area contributed by atoms with Crippen molar-refractivity contribution in [3.05, 3.63) is 35.9 Å². The van der Waals surface area contributed by atoms with Gasteiger partial charge in [0.1, 0.15) is 6.04 Å². The minimum Gasteiger partial charge on any atom is -0.352 e. The second-order valence-electron chi connectivity index (χ2n) is 6.68. The molecule has 0 bridgehead atoms. The Morgan fingerprint density at radius 1 is 1.19 bits per heavy atom.